The molecule has 3 aromatic rings. The first kappa shape index (κ1) is 21.2. The summed E-state index contributed by atoms with van der Waals surface area (Å²) in [6.45, 7) is 1.75. The molecule has 0 saturated heterocycles. The molecule has 30 heavy (non-hydrogen) atoms. The van der Waals surface area contributed by atoms with Gasteiger partial charge in [-0.05, 0) is 42.8 Å². The van der Waals surface area contributed by atoms with Gasteiger partial charge in [-0.25, -0.2) is 4.79 Å². The fourth-order valence-corrected chi connectivity index (χ4v) is 3.06. The van der Waals surface area contributed by atoms with Gasteiger partial charge >= 0.3 is 12.1 Å². The van der Waals surface area contributed by atoms with Crippen molar-refractivity contribution in [1.29, 1.82) is 0 Å². The Morgan fingerprint density at radius 1 is 1.17 bits per heavy atom. The van der Waals surface area contributed by atoms with Crippen LogP contribution in [0.3, 0.4) is 0 Å². The van der Waals surface area contributed by atoms with Crippen LogP contribution >= 0.6 is 0 Å². The first-order valence-corrected chi connectivity index (χ1v) is 8.97. The van der Waals surface area contributed by atoms with Crippen LogP contribution in [-0.2, 0) is 6.42 Å². The molecule has 0 bridgehead atoms. The van der Waals surface area contributed by atoms with E-state index in [1.807, 2.05) is 0 Å². The maximum absolute atomic E-state index is 13.2. The van der Waals surface area contributed by atoms with Crippen molar-refractivity contribution in [1.82, 2.24) is 4.98 Å². The molecule has 0 amide bonds. The number of carboxylic acid groups (broad SMARTS) is 1. The lowest BCUT2D eigenvalue weighted by Crippen LogP contribution is -2.13. The fraction of sp³-hybridized carbons (Fsp3) is 0.182. The lowest BCUT2D eigenvalue weighted by atomic mass is 10.0. The number of ether oxygens (including phenoxy) is 1. The van der Waals surface area contributed by atoms with Crippen LogP contribution in [0, 0.1) is 6.92 Å². The van der Waals surface area contributed by atoms with Crippen molar-refractivity contribution in [3.8, 4) is 17.0 Å². The number of benzene rings is 2. The van der Waals surface area contributed by atoms with Crippen LogP contribution in [0.2, 0.25) is 0 Å². The Hall–Kier alpha value is -3.55. The van der Waals surface area contributed by atoms with Crippen LogP contribution < -0.4 is 10.1 Å². The molecule has 5 nitrogen and oxygen atoms in total. The second-order valence-corrected chi connectivity index (χ2v) is 6.73. The Kier molecular flexibility index (Phi) is 5.96. The Balaban J connectivity index is 2.04. The van der Waals surface area contributed by atoms with Crippen LogP contribution in [0.15, 0.2) is 54.7 Å². The minimum absolute atomic E-state index is 0.0178. The van der Waals surface area contributed by atoms with Crippen LogP contribution in [-0.4, -0.2) is 29.3 Å². The van der Waals surface area contributed by atoms with E-state index in [0.29, 0.717) is 11.3 Å². The van der Waals surface area contributed by atoms with E-state index in [2.05, 4.69) is 10.3 Å². The third-order valence-electron chi connectivity index (χ3n) is 4.39. The van der Waals surface area contributed by atoms with E-state index in [0.717, 1.165) is 5.56 Å². The molecule has 0 fully saturated rings. The largest absolute Gasteiger partial charge is 0.497 e. The standard InChI is InChI=1S/C22H19F3N2O3/c1-13-6-7-19(18(8-13)21(28)29)27-16-9-15(11-22(23,24)25)20(26-12-16)14-4-3-5-17(10-14)30-2/h3-10,12,27H,11H2,1-2H3,(H,28,29). The number of aromatic carboxylic acids is 1. The number of pyridine rings is 1. The number of aryl methyl sites for hydroxylation is 1. The van der Waals surface area contributed by atoms with Crippen LogP contribution in [0.5, 0.6) is 5.75 Å². The van der Waals surface area contributed by atoms with E-state index in [1.165, 1.54) is 25.4 Å². The maximum atomic E-state index is 13.2. The molecule has 1 heterocycles. The van der Waals surface area contributed by atoms with Crippen molar-refractivity contribution in [3.63, 3.8) is 0 Å². The predicted molar refractivity (Wildman–Crippen MR) is 107 cm³/mol. The number of methoxy groups -OCH3 is 1. The number of carboxylic acids is 1. The summed E-state index contributed by atoms with van der Waals surface area (Å²) in [5.74, 6) is -0.641. The second kappa shape index (κ2) is 8.44. The summed E-state index contributed by atoms with van der Waals surface area (Å²) in [5.41, 5.74) is 1.92. The van der Waals surface area contributed by atoms with E-state index in [1.54, 1.807) is 43.3 Å². The van der Waals surface area contributed by atoms with E-state index in [-0.39, 0.29) is 28.2 Å². The van der Waals surface area contributed by atoms with Crippen molar-refractivity contribution in [3.05, 3.63) is 71.4 Å². The molecule has 0 radical (unpaired) electrons. The van der Waals surface area contributed by atoms with Gasteiger partial charge in [0.1, 0.15) is 5.75 Å². The van der Waals surface area contributed by atoms with Crippen LogP contribution in [0.25, 0.3) is 11.3 Å². The normalized spacial score (nSPS) is 11.2. The molecule has 3 rings (SSSR count). The van der Waals surface area contributed by atoms with Crippen molar-refractivity contribution < 1.29 is 27.8 Å². The molecule has 156 valence electrons. The third kappa shape index (κ3) is 5.08. The van der Waals surface area contributed by atoms with Gasteiger partial charge in [0, 0.05) is 5.56 Å². The molecule has 0 spiro atoms. The number of nitrogens with zero attached hydrogens (tertiary/aromatic N) is 1. The molecule has 8 heteroatoms. The van der Waals surface area contributed by atoms with Crippen molar-refractivity contribution in [2.45, 2.75) is 19.5 Å². The summed E-state index contributed by atoms with van der Waals surface area (Å²) in [4.78, 5) is 15.7. The molecular formula is C22H19F3N2O3. The summed E-state index contributed by atoms with van der Waals surface area (Å²) in [6, 6.07) is 12.7. The predicted octanol–water partition coefficient (Wildman–Crippen LogP) is 5.61. The van der Waals surface area contributed by atoms with Crippen molar-refractivity contribution in [2.75, 3.05) is 12.4 Å². The number of aromatic nitrogens is 1. The highest BCUT2D eigenvalue weighted by molar-refractivity contribution is 5.95. The summed E-state index contributed by atoms with van der Waals surface area (Å²) in [7, 11) is 1.47. The molecule has 2 aromatic carbocycles. The molecule has 0 aliphatic rings. The van der Waals surface area contributed by atoms with E-state index < -0.39 is 18.6 Å². The molecule has 0 aliphatic heterocycles. The second-order valence-electron chi connectivity index (χ2n) is 6.73. The minimum atomic E-state index is -4.44. The zero-order chi connectivity index (χ0) is 21.9. The lowest BCUT2D eigenvalue weighted by Gasteiger charge is -2.15. The van der Waals surface area contributed by atoms with Crippen molar-refractivity contribution in [2.24, 2.45) is 0 Å². The molecular weight excluding hydrogens is 397 g/mol. The zero-order valence-corrected chi connectivity index (χ0v) is 16.2. The molecule has 0 atom stereocenters. The van der Waals surface area contributed by atoms with Gasteiger partial charge in [0.15, 0.2) is 0 Å². The first-order valence-electron chi connectivity index (χ1n) is 8.97. The molecule has 0 unspecified atom stereocenters. The monoisotopic (exact) mass is 416 g/mol. The number of hydrogen-bond donors (Lipinski definition) is 2. The summed E-state index contributed by atoms with van der Waals surface area (Å²) in [6.07, 6.45) is -4.24. The zero-order valence-electron chi connectivity index (χ0n) is 16.2. The lowest BCUT2D eigenvalue weighted by molar-refractivity contribution is -0.127. The highest BCUT2D eigenvalue weighted by Gasteiger charge is 2.30. The first-order chi connectivity index (χ1) is 14.2. The quantitative estimate of drug-likeness (QED) is 0.546. The number of rotatable bonds is 6. The van der Waals surface area contributed by atoms with Gasteiger partial charge in [-0.15, -0.1) is 0 Å². The number of carbonyl (C=O) groups is 1. The Bertz CT molecular complexity index is 1080. The van der Waals surface area contributed by atoms with E-state index in [9.17, 15) is 23.1 Å². The highest BCUT2D eigenvalue weighted by Crippen LogP contribution is 2.32. The maximum Gasteiger partial charge on any atom is 0.393 e. The molecule has 2 N–H and O–H groups in total. The van der Waals surface area contributed by atoms with Gasteiger partial charge in [0.2, 0.25) is 0 Å². The number of nitrogens with one attached hydrogen (secondary N) is 1. The third-order valence-corrected chi connectivity index (χ3v) is 4.39. The van der Waals surface area contributed by atoms with Crippen molar-refractivity contribution >= 4 is 17.3 Å². The van der Waals surface area contributed by atoms with Gasteiger partial charge in [0.05, 0.1) is 42.4 Å². The van der Waals surface area contributed by atoms with Gasteiger partial charge < -0.3 is 15.2 Å². The van der Waals surface area contributed by atoms with Gasteiger partial charge in [-0.3, -0.25) is 4.98 Å². The van der Waals surface area contributed by atoms with E-state index >= 15 is 0 Å². The minimum Gasteiger partial charge on any atom is -0.497 e. The molecule has 1 aromatic heterocycles. The highest BCUT2D eigenvalue weighted by atomic mass is 19.4. The van der Waals surface area contributed by atoms with Gasteiger partial charge in [0.25, 0.3) is 0 Å². The fourth-order valence-electron chi connectivity index (χ4n) is 3.06. The topological polar surface area (TPSA) is 71.5 Å². The van der Waals surface area contributed by atoms with Crippen LogP contribution in [0.4, 0.5) is 24.5 Å². The number of halogens is 3. The molecule has 0 aliphatic carbocycles. The number of hydrogen-bond acceptors (Lipinski definition) is 4. The average Bonchev–Trinajstić information content (AvgIpc) is 2.68. The van der Waals surface area contributed by atoms with Crippen LogP contribution in [0.1, 0.15) is 21.5 Å². The smallest absolute Gasteiger partial charge is 0.393 e. The summed E-state index contributed by atoms with van der Waals surface area (Å²) in [5, 5.41) is 12.3. The number of anilines is 2. The SMILES string of the molecule is COc1cccc(-c2ncc(Nc3ccc(C)cc3C(=O)O)cc2CC(F)(F)F)c1. The summed E-state index contributed by atoms with van der Waals surface area (Å²) >= 11 is 0. The Morgan fingerprint density at radius 2 is 1.93 bits per heavy atom. The Morgan fingerprint density at radius 3 is 2.60 bits per heavy atom. The number of alkyl halides is 3. The Labute approximate surface area is 171 Å². The summed E-state index contributed by atoms with van der Waals surface area (Å²) < 4.78 is 44.8. The average molecular weight is 416 g/mol. The van der Waals surface area contributed by atoms with E-state index in [4.69, 9.17) is 4.74 Å². The van der Waals surface area contributed by atoms with Gasteiger partial charge in [-0.2, -0.15) is 13.2 Å². The molecule has 0 saturated carbocycles. The van der Waals surface area contributed by atoms with Gasteiger partial charge in [-0.1, -0.05) is 23.8 Å².